The highest BCUT2D eigenvalue weighted by atomic mass is 32.2. The maximum Gasteiger partial charge on any atom is 0.250 e. The van der Waals surface area contributed by atoms with Gasteiger partial charge in [-0.1, -0.05) is 43.3 Å². The summed E-state index contributed by atoms with van der Waals surface area (Å²) in [5, 5.41) is 3.70. The Kier molecular flexibility index (Phi) is 7.11. The van der Waals surface area contributed by atoms with Crippen LogP contribution in [0.1, 0.15) is 33.1 Å². The van der Waals surface area contributed by atoms with Crippen molar-refractivity contribution in [2.45, 2.75) is 49.6 Å². The van der Waals surface area contributed by atoms with Gasteiger partial charge in [0.05, 0.1) is 12.2 Å². The average molecular weight is 536 g/mol. The molecule has 0 aliphatic carbocycles. The number of amides is 2. The third-order valence-corrected chi connectivity index (χ3v) is 9.63. The number of sulfonamides is 1. The molecule has 5 rings (SSSR count). The van der Waals surface area contributed by atoms with Crippen molar-refractivity contribution in [1.29, 1.82) is 0 Å². The number of benzene rings is 2. The number of anilines is 1. The van der Waals surface area contributed by atoms with Crippen LogP contribution in [0.5, 0.6) is 0 Å². The molecule has 2 amide bonds. The molecule has 2 saturated heterocycles. The van der Waals surface area contributed by atoms with Crippen LogP contribution in [0.2, 0.25) is 0 Å². The molecule has 3 aromatic rings. The number of carbonyl (C=O) groups is 2. The van der Waals surface area contributed by atoms with Crippen LogP contribution >= 0.6 is 0 Å². The lowest BCUT2D eigenvalue weighted by Crippen LogP contribution is -2.57. The SMILES string of the molecule is CCC(C)NC(=O)CN1CN(c2ccccc2)C2(CCN(S(=O)(=O)c3cccc4cccnc34)CC2)C1=O. The normalized spacial score (nSPS) is 18.7. The number of para-hydroxylation sites is 2. The Morgan fingerprint density at radius 2 is 1.76 bits per heavy atom. The van der Waals surface area contributed by atoms with Gasteiger partial charge in [-0.2, -0.15) is 4.31 Å². The second kappa shape index (κ2) is 10.3. The molecule has 200 valence electrons. The van der Waals surface area contributed by atoms with Crippen LogP contribution in [-0.2, 0) is 19.6 Å². The first-order valence-electron chi connectivity index (χ1n) is 13.0. The van der Waals surface area contributed by atoms with Gasteiger partial charge < -0.3 is 15.1 Å². The lowest BCUT2D eigenvalue weighted by Gasteiger charge is -2.42. The number of fused-ring (bicyclic) bond motifs is 1. The average Bonchev–Trinajstić information content (AvgIpc) is 3.19. The summed E-state index contributed by atoms with van der Waals surface area (Å²) < 4.78 is 28.9. The number of hydrogen-bond donors (Lipinski definition) is 1. The van der Waals surface area contributed by atoms with Crippen molar-refractivity contribution >= 4 is 38.4 Å². The Labute approximate surface area is 223 Å². The maximum atomic E-state index is 13.9. The lowest BCUT2D eigenvalue weighted by atomic mass is 9.86. The van der Waals surface area contributed by atoms with E-state index in [4.69, 9.17) is 0 Å². The molecule has 38 heavy (non-hydrogen) atoms. The summed E-state index contributed by atoms with van der Waals surface area (Å²) in [6.45, 7) is 4.55. The van der Waals surface area contributed by atoms with Gasteiger partial charge in [0, 0.05) is 36.4 Å². The van der Waals surface area contributed by atoms with Crippen LogP contribution in [0, 0.1) is 0 Å². The molecule has 2 fully saturated rings. The first kappa shape index (κ1) is 26.1. The Morgan fingerprint density at radius 3 is 2.47 bits per heavy atom. The Hall–Kier alpha value is -3.50. The lowest BCUT2D eigenvalue weighted by molar-refractivity contribution is -0.137. The van der Waals surface area contributed by atoms with Gasteiger partial charge in [0.15, 0.2) is 0 Å². The first-order valence-corrected chi connectivity index (χ1v) is 14.5. The molecular formula is C28H33N5O4S. The standard InChI is InChI=1S/C28H33N5O4S/c1-3-21(2)30-25(34)19-31-20-33(23-11-5-4-6-12-23)28(27(31)35)14-17-32(18-15-28)38(36,37)24-13-7-9-22-10-8-16-29-26(22)24/h4-13,16,21H,3,14-15,17-20H2,1-2H3,(H,30,34). The van der Waals surface area contributed by atoms with Crippen LogP contribution in [-0.4, -0.2) is 72.3 Å². The van der Waals surface area contributed by atoms with E-state index in [2.05, 4.69) is 10.3 Å². The van der Waals surface area contributed by atoms with E-state index in [9.17, 15) is 18.0 Å². The van der Waals surface area contributed by atoms with Crippen LogP contribution in [0.15, 0.2) is 71.8 Å². The van der Waals surface area contributed by atoms with Crippen LogP contribution in [0.25, 0.3) is 10.9 Å². The Balaban J connectivity index is 1.41. The van der Waals surface area contributed by atoms with Gasteiger partial charge in [-0.15, -0.1) is 0 Å². The van der Waals surface area contributed by atoms with E-state index in [0.717, 1.165) is 17.5 Å². The molecule has 2 aliphatic rings. The summed E-state index contributed by atoms with van der Waals surface area (Å²) >= 11 is 0. The number of pyridine rings is 1. The zero-order valence-electron chi connectivity index (χ0n) is 21.7. The Morgan fingerprint density at radius 1 is 1.05 bits per heavy atom. The van der Waals surface area contributed by atoms with Gasteiger partial charge in [0.25, 0.3) is 0 Å². The summed E-state index contributed by atoms with van der Waals surface area (Å²) in [5.41, 5.74) is 0.401. The van der Waals surface area contributed by atoms with Crippen molar-refractivity contribution < 1.29 is 18.0 Å². The first-order chi connectivity index (χ1) is 18.3. The number of nitrogens with one attached hydrogen (secondary N) is 1. The minimum Gasteiger partial charge on any atom is -0.352 e. The van der Waals surface area contributed by atoms with Crippen molar-refractivity contribution in [1.82, 2.24) is 19.5 Å². The molecule has 0 radical (unpaired) electrons. The second-order valence-corrected chi connectivity index (χ2v) is 12.0. The third kappa shape index (κ3) is 4.63. The summed E-state index contributed by atoms with van der Waals surface area (Å²) in [5.74, 6) is -0.328. The number of aromatic nitrogens is 1. The molecule has 0 bridgehead atoms. The van der Waals surface area contributed by atoms with E-state index in [1.165, 1.54) is 4.31 Å². The van der Waals surface area contributed by atoms with Gasteiger partial charge >= 0.3 is 0 Å². The zero-order valence-corrected chi connectivity index (χ0v) is 22.5. The van der Waals surface area contributed by atoms with E-state index in [0.29, 0.717) is 18.4 Å². The number of hydrogen-bond acceptors (Lipinski definition) is 6. The van der Waals surface area contributed by atoms with Crippen molar-refractivity contribution in [3.8, 4) is 0 Å². The zero-order chi connectivity index (χ0) is 26.9. The third-order valence-electron chi connectivity index (χ3n) is 7.70. The molecule has 3 heterocycles. The topological polar surface area (TPSA) is 103 Å². The van der Waals surface area contributed by atoms with Crippen molar-refractivity contribution in [3.63, 3.8) is 0 Å². The molecule has 1 aromatic heterocycles. The minimum absolute atomic E-state index is 0.0244. The van der Waals surface area contributed by atoms with Gasteiger partial charge in [-0.05, 0) is 50.5 Å². The highest BCUT2D eigenvalue weighted by molar-refractivity contribution is 7.89. The summed E-state index contributed by atoms with van der Waals surface area (Å²) in [6.07, 6.45) is 3.03. The predicted octanol–water partition coefficient (Wildman–Crippen LogP) is 2.98. The molecule has 10 heteroatoms. The predicted molar refractivity (Wildman–Crippen MR) is 146 cm³/mol. The molecule has 1 spiro atoms. The van der Waals surface area contributed by atoms with E-state index in [1.54, 1.807) is 29.3 Å². The molecule has 2 aromatic carbocycles. The summed E-state index contributed by atoms with van der Waals surface area (Å²) in [4.78, 5) is 34.7. The number of piperidine rings is 1. The molecule has 9 nitrogen and oxygen atoms in total. The van der Waals surface area contributed by atoms with E-state index in [1.807, 2.05) is 61.2 Å². The smallest absolute Gasteiger partial charge is 0.250 e. The number of nitrogens with zero attached hydrogens (tertiary/aromatic N) is 4. The van der Waals surface area contributed by atoms with E-state index in [-0.39, 0.29) is 49.1 Å². The summed E-state index contributed by atoms with van der Waals surface area (Å²) in [7, 11) is -3.82. The minimum atomic E-state index is -3.82. The molecule has 1 atom stereocenters. The molecule has 1 N–H and O–H groups in total. The molecule has 1 unspecified atom stereocenters. The highest BCUT2D eigenvalue weighted by Crippen LogP contribution is 2.40. The highest BCUT2D eigenvalue weighted by Gasteiger charge is 2.55. The van der Waals surface area contributed by atoms with Crippen molar-refractivity contribution in [2.75, 3.05) is 31.2 Å². The number of rotatable bonds is 7. The Bertz CT molecular complexity index is 1430. The molecular weight excluding hydrogens is 502 g/mol. The van der Waals surface area contributed by atoms with Gasteiger partial charge in [-0.25, -0.2) is 8.42 Å². The van der Waals surface area contributed by atoms with Gasteiger partial charge in [-0.3, -0.25) is 14.6 Å². The van der Waals surface area contributed by atoms with Crippen LogP contribution < -0.4 is 10.2 Å². The quantitative estimate of drug-likeness (QED) is 0.499. The monoisotopic (exact) mass is 535 g/mol. The van der Waals surface area contributed by atoms with Crippen molar-refractivity contribution in [3.05, 3.63) is 66.9 Å². The van der Waals surface area contributed by atoms with Gasteiger partial charge in [0.1, 0.15) is 17.0 Å². The van der Waals surface area contributed by atoms with Crippen LogP contribution in [0.3, 0.4) is 0 Å². The summed E-state index contributed by atoms with van der Waals surface area (Å²) in [6, 6.07) is 18.4. The van der Waals surface area contributed by atoms with Crippen molar-refractivity contribution in [2.24, 2.45) is 0 Å². The van der Waals surface area contributed by atoms with E-state index >= 15 is 0 Å². The van der Waals surface area contributed by atoms with Crippen LogP contribution in [0.4, 0.5) is 5.69 Å². The van der Waals surface area contributed by atoms with Gasteiger partial charge in [0.2, 0.25) is 21.8 Å². The molecule has 2 aliphatic heterocycles. The number of carbonyl (C=O) groups excluding carboxylic acids is 2. The molecule has 0 saturated carbocycles. The fourth-order valence-corrected chi connectivity index (χ4v) is 7.05. The fraction of sp³-hybridized carbons (Fsp3) is 0.393. The van der Waals surface area contributed by atoms with E-state index < -0.39 is 15.6 Å². The maximum absolute atomic E-state index is 13.9. The fourth-order valence-electron chi connectivity index (χ4n) is 5.44. The largest absolute Gasteiger partial charge is 0.352 e. The second-order valence-electron chi connectivity index (χ2n) is 10.1.